The molecular weight excluding hydrogens is 590 g/mol. The molecule has 1 heterocycles. The molecule has 228 valence electrons. The Balaban J connectivity index is 1.48. The van der Waals surface area contributed by atoms with Crippen molar-refractivity contribution in [1.29, 1.82) is 0 Å². The van der Waals surface area contributed by atoms with Gasteiger partial charge in [-0.2, -0.15) is 0 Å². The number of benzene rings is 2. The Hall–Kier alpha value is -3.15. The first-order valence-corrected chi connectivity index (χ1v) is 16.4. The van der Waals surface area contributed by atoms with Crippen molar-refractivity contribution in [1.82, 2.24) is 15.1 Å². The van der Waals surface area contributed by atoms with Gasteiger partial charge in [0.2, 0.25) is 0 Å². The molecule has 3 aliphatic rings. The van der Waals surface area contributed by atoms with Crippen molar-refractivity contribution in [2.75, 3.05) is 13.4 Å². The van der Waals surface area contributed by atoms with Gasteiger partial charge in [0.05, 0.1) is 43.3 Å². The van der Waals surface area contributed by atoms with Gasteiger partial charge in [-0.3, -0.25) is 14.4 Å². The Morgan fingerprint density at radius 1 is 1.14 bits per heavy atom. The molecule has 2 aromatic carbocycles. The van der Waals surface area contributed by atoms with E-state index in [0.29, 0.717) is 33.7 Å². The minimum Gasteiger partial charge on any atom is -0.598 e. The number of halogens is 1. The number of ether oxygens (including phenoxy) is 1. The number of carbonyl (C=O) groups excluding carboxylic acids is 3. The number of nitrogens with zero attached hydrogens (tertiary/aromatic N) is 1. The molecule has 43 heavy (non-hydrogen) atoms. The number of rotatable bonds is 9. The number of allylic oxidation sites excluding steroid dienone is 3. The zero-order chi connectivity index (χ0) is 30.5. The van der Waals surface area contributed by atoms with Crippen LogP contribution in [0.5, 0.6) is 0 Å². The average Bonchev–Trinajstić information content (AvgIpc) is 3.01. The summed E-state index contributed by atoms with van der Waals surface area (Å²) in [6.07, 6.45) is 11.3. The maximum Gasteiger partial charge on any atom is 0.337 e. The minimum absolute atomic E-state index is 0.0247. The van der Waals surface area contributed by atoms with E-state index < -0.39 is 29.3 Å². The third-order valence-electron chi connectivity index (χ3n) is 8.40. The topological polar surface area (TPSA) is 120 Å². The number of hydrogen-bond donors (Lipinski definition) is 2. The van der Waals surface area contributed by atoms with Gasteiger partial charge in [-0.1, -0.05) is 66.9 Å². The second-order valence-electron chi connectivity index (χ2n) is 11.1. The van der Waals surface area contributed by atoms with E-state index in [1.165, 1.54) is 7.11 Å². The zero-order valence-electron chi connectivity index (χ0n) is 24.2. The molecule has 2 aliphatic carbocycles. The second-order valence-corrected chi connectivity index (χ2v) is 12.7. The summed E-state index contributed by atoms with van der Waals surface area (Å²) in [5, 5.41) is 0.613. The summed E-state index contributed by atoms with van der Waals surface area (Å²) in [7, 11) is 1.32. The van der Waals surface area contributed by atoms with E-state index in [9.17, 15) is 18.9 Å². The van der Waals surface area contributed by atoms with Gasteiger partial charge in [-0.15, -0.1) is 4.72 Å². The summed E-state index contributed by atoms with van der Waals surface area (Å²) in [5.41, 5.74) is 4.81. The Morgan fingerprint density at radius 2 is 1.93 bits per heavy atom. The molecule has 0 aromatic heterocycles. The number of amides is 2. The molecule has 2 N–H and O–H groups in total. The SMILES string of the molecule is COC(=O)c1cccc(CONC(=O)[C@H]2c3ccccc3C(=O)N([C@@H]3CCCC[C@H]3N[S+](C)[O-])[C@@H]2C2C=CC(Cl)=CC2)c1. The van der Waals surface area contributed by atoms with Crippen LogP contribution in [0.4, 0.5) is 0 Å². The van der Waals surface area contributed by atoms with Gasteiger partial charge in [-0.25, -0.2) is 10.3 Å². The summed E-state index contributed by atoms with van der Waals surface area (Å²) < 4.78 is 20.3. The fourth-order valence-electron chi connectivity index (χ4n) is 6.52. The summed E-state index contributed by atoms with van der Waals surface area (Å²) >= 11 is 5.02. The van der Waals surface area contributed by atoms with Crippen molar-refractivity contribution < 1.29 is 28.5 Å². The van der Waals surface area contributed by atoms with Gasteiger partial charge in [-0.05, 0) is 54.7 Å². The van der Waals surface area contributed by atoms with Crippen LogP contribution in [0.15, 0.2) is 71.8 Å². The predicted octanol–water partition coefficient (Wildman–Crippen LogP) is 4.52. The summed E-state index contributed by atoms with van der Waals surface area (Å²) in [6, 6.07) is 13.0. The van der Waals surface area contributed by atoms with Crippen LogP contribution in [0.3, 0.4) is 0 Å². The molecule has 0 bridgehead atoms. The van der Waals surface area contributed by atoms with E-state index in [1.54, 1.807) is 42.7 Å². The molecule has 0 radical (unpaired) electrons. The largest absolute Gasteiger partial charge is 0.598 e. The highest BCUT2D eigenvalue weighted by Gasteiger charge is 2.50. The van der Waals surface area contributed by atoms with Crippen LogP contribution in [0.1, 0.15) is 69.9 Å². The quantitative estimate of drug-likeness (QED) is 0.239. The Morgan fingerprint density at radius 3 is 2.67 bits per heavy atom. The molecule has 2 unspecified atom stereocenters. The standard InChI is InChI=1S/C32H36ClN3O6S/c1-41-32(39)22-9-7-8-20(18-22)19-42-34-30(37)28-24-10-3-4-11-25(24)31(38)36(29(28)21-14-16-23(33)17-15-21)27-13-6-5-12-26(27)35-43(2)40/h3-4,7-11,14,16-18,21,26-29,35H,5-6,12-13,15,19H2,1-2H3,(H,34,37)/t21?,26-,27-,28+,29-,43?/m1/s1. The lowest BCUT2D eigenvalue weighted by molar-refractivity contribution is -0.138. The van der Waals surface area contributed by atoms with E-state index in [0.717, 1.165) is 25.7 Å². The van der Waals surface area contributed by atoms with E-state index in [2.05, 4.69) is 10.2 Å². The minimum atomic E-state index is -1.27. The van der Waals surface area contributed by atoms with Crippen LogP contribution in [0, 0.1) is 5.92 Å². The van der Waals surface area contributed by atoms with Crippen molar-refractivity contribution in [2.45, 2.75) is 62.8 Å². The fourth-order valence-corrected chi connectivity index (χ4v) is 7.39. The van der Waals surface area contributed by atoms with Gasteiger partial charge in [0.1, 0.15) is 6.26 Å². The number of hydrogen-bond acceptors (Lipinski definition) is 7. The van der Waals surface area contributed by atoms with Crippen molar-refractivity contribution in [3.05, 3.63) is 94.0 Å². The van der Waals surface area contributed by atoms with Crippen molar-refractivity contribution >= 4 is 40.7 Å². The van der Waals surface area contributed by atoms with Gasteiger partial charge < -0.3 is 14.2 Å². The molecule has 1 fully saturated rings. The third kappa shape index (κ3) is 6.99. The molecule has 2 amide bonds. The number of methoxy groups -OCH3 is 1. The maximum atomic E-state index is 14.3. The molecule has 11 heteroatoms. The number of esters is 1. The molecule has 5 rings (SSSR count). The van der Waals surface area contributed by atoms with Gasteiger partial charge in [0.25, 0.3) is 11.8 Å². The first kappa shape index (κ1) is 31.3. The summed E-state index contributed by atoms with van der Waals surface area (Å²) in [4.78, 5) is 47.9. The Bertz CT molecular complexity index is 1410. The van der Waals surface area contributed by atoms with Crippen molar-refractivity contribution in [3.8, 4) is 0 Å². The van der Waals surface area contributed by atoms with Gasteiger partial charge >= 0.3 is 5.97 Å². The third-order valence-corrected chi connectivity index (χ3v) is 9.31. The molecule has 1 saturated carbocycles. The zero-order valence-corrected chi connectivity index (χ0v) is 25.7. The van der Waals surface area contributed by atoms with E-state index in [-0.39, 0.29) is 36.4 Å². The molecular formula is C32H36ClN3O6S. The lowest BCUT2D eigenvalue weighted by Gasteiger charge is -2.50. The molecule has 6 atom stereocenters. The monoisotopic (exact) mass is 625 g/mol. The summed E-state index contributed by atoms with van der Waals surface area (Å²) in [5.74, 6) is -1.92. The first-order chi connectivity index (χ1) is 20.8. The average molecular weight is 626 g/mol. The van der Waals surface area contributed by atoms with Crippen LogP contribution < -0.4 is 10.2 Å². The highest BCUT2D eigenvalue weighted by molar-refractivity contribution is 7.88. The normalized spacial score (nSPS) is 25.9. The van der Waals surface area contributed by atoms with E-state index >= 15 is 0 Å². The smallest absolute Gasteiger partial charge is 0.337 e. The van der Waals surface area contributed by atoms with E-state index in [1.807, 2.05) is 35.3 Å². The van der Waals surface area contributed by atoms with Gasteiger partial charge in [0.15, 0.2) is 0 Å². The maximum absolute atomic E-state index is 14.3. The lowest BCUT2D eigenvalue weighted by Crippen LogP contribution is -2.63. The number of nitrogens with one attached hydrogen (secondary N) is 2. The van der Waals surface area contributed by atoms with Crippen molar-refractivity contribution in [3.63, 3.8) is 0 Å². The first-order valence-electron chi connectivity index (χ1n) is 14.4. The van der Waals surface area contributed by atoms with Crippen LogP contribution in [0.25, 0.3) is 0 Å². The fraction of sp³-hybridized carbons (Fsp3) is 0.406. The van der Waals surface area contributed by atoms with Crippen LogP contribution in [0.2, 0.25) is 0 Å². The van der Waals surface area contributed by atoms with Crippen LogP contribution >= 0.6 is 11.6 Å². The highest BCUT2D eigenvalue weighted by Crippen LogP contribution is 2.43. The molecule has 9 nitrogen and oxygen atoms in total. The molecule has 2 aromatic rings. The second kappa shape index (κ2) is 14.1. The van der Waals surface area contributed by atoms with Crippen molar-refractivity contribution in [2.24, 2.45) is 5.92 Å². The summed E-state index contributed by atoms with van der Waals surface area (Å²) in [6.45, 7) is 0.0247. The van der Waals surface area contributed by atoms with Crippen LogP contribution in [-0.2, 0) is 32.3 Å². The Kier molecular flexibility index (Phi) is 10.2. The highest BCUT2D eigenvalue weighted by atomic mass is 35.5. The molecule has 1 aliphatic heterocycles. The van der Waals surface area contributed by atoms with E-state index in [4.69, 9.17) is 21.2 Å². The lowest BCUT2D eigenvalue weighted by atomic mass is 9.73. The number of carbonyl (C=O) groups is 3. The predicted molar refractivity (Wildman–Crippen MR) is 164 cm³/mol. The van der Waals surface area contributed by atoms with Gasteiger partial charge in [0, 0.05) is 27.9 Å². The van der Waals surface area contributed by atoms with Crippen LogP contribution in [-0.4, -0.2) is 58.7 Å². The molecule has 0 spiro atoms. The Labute approximate surface area is 259 Å². The molecule has 0 saturated heterocycles. The number of hydroxylamine groups is 1. The number of fused-ring (bicyclic) bond motifs is 1.